The van der Waals surface area contributed by atoms with Crippen LogP contribution in [0, 0.1) is 13.8 Å². The molecule has 6 nitrogen and oxygen atoms in total. The van der Waals surface area contributed by atoms with Gasteiger partial charge in [-0.2, -0.15) is 0 Å². The van der Waals surface area contributed by atoms with Gasteiger partial charge >= 0.3 is 0 Å². The van der Waals surface area contributed by atoms with E-state index < -0.39 is 0 Å². The zero-order chi connectivity index (χ0) is 21.3. The molecular formula is C24H26N2O4. The molecule has 1 N–H and O–H groups in total. The largest absolute Gasteiger partial charge is 0.483 e. The number of ether oxygens (including phenoxy) is 1. The highest BCUT2D eigenvalue weighted by atomic mass is 16.5. The molecule has 0 radical (unpaired) electrons. The van der Waals surface area contributed by atoms with Gasteiger partial charge in [0, 0.05) is 11.7 Å². The van der Waals surface area contributed by atoms with Gasteiger partial charge in [0.2, 0.25) is 0 Å². The number of nitrogens with one attached hydrogen (secondary N) is 1. The quantitative estimate of drug-likeness (QED) is 0.753. The van der Waals surface area contributed by atoms with Gasteiger partial charge in [0.1, 0.15) is 5.75 Å². The molecule has 2 aromatic rings. The Kier molecular flexibility index (Phi) is 5.57. The molecule has 1 aliphatic carbocycles. The van der Waals surface area contributed by atoms with Gasteiger partial charge in [-0.15, -0.1) is 0 Å². The van der Waals surface area contributed by atoms with Crippen molar-refractivity contribution in [3.8, 4) is 5.75 Å². The van der Waals surface area contributed by atoms with Crippen LogP contribution < -0.4 is 10.1 Å². The van der Waals surface area contributed by atoms with Crippen molar-refractivity contribution in [2.45, 2.75) is 52.0 Å². The molecule has 0 spiro atoms. The normalized spacial score (nSPS) is 16.5. The number of imide groups is 1. The molecule has 156 valence electrons. The Bertz CT molecular complexity index is 1010. The van der Waals surface area contributed by atoms with E-state index in [4.69, 9.17) is 4.74 Å². The lowest BCUT2D eigenvalue weighted by Crippen LogP contribution is -2.40. The summed E-state index contributed by atoms with van der Waals surface area (Å²) in [5.41, 5.74) is 3.35. The van der Waals surface area contributed by atoms with Crippen LogP contribution in [0.1, 0.15) is 63.9 Å². The molecule has 0 atom stereocenters. The summed E-state index contributed by atoms with van der Waals surface area (Å²) in [6, 6.07) is 10.6. The number of aryl methyl sites for hydroxylation is 2. The second kappa shape index (κ2) is 8.30. The number of anilines is 1. The predicted octanol–water partition coefficient (Wildman–Crippen LogP) is 4.25. The fraction of sp³-hybridized carbons (Fsp3) is 0.375. The minimum absolute atomic E-state index is 0.0182. The third-order valence-electron chi connectivity index (χ3n) is 5.83. The predicted molar refractivity (Wildman–Crippen MR) is 114 cm³/mol. The van der Waals surface area contributed by atoms with Gasteiger partial charge in [-0.05, 0) is 56.5 Å². The minimum Gasteiger partial charge on any atom is -0.483 e. The smallest absolute Gasteiger partial charge is 0.262 e. The third-order valence-corrected chi connectivity index (χ3v) is 5.83. The second-order valence-corrected chi connectivity index (χ2v) is 8.14. The highest BCUT2D eigenvalue weighted by molar-refractivity contribution is 6.22. The van der Waals surface area contributed by atoms with E-state index in [-0.39, 0.29) is 30.4 Å². The molecule has 4 rings (SSSR count). The molecule has 2 aromatic carbocycles. The van der Waals surface area contributed by atoms with Crippen molar-refractivity contribution in [2.24, 2.45) is 0 Å². The Morgan fingerprint density at radius 2 is 1.73 bits per heavy atom. The maximum absolute atomic E-state index is 12.9. The molecule has 0 unspecified atom stereocenters. The number of amides is 3. The molecule has 0 aromatic heterocycles. The minimum atomic E-state index is -0.323. The van der Waals surface area contributed by atoms with Crippen LogP contribution in [-0.2, 0) is 4.79 Å². The summed E-state index contributed by atoms with van der Waals surface area (Å²) in [5, 5.41) is 2.76. The van der Waals surface area contributed by atoms with Crippen molar-refractivity contribution in [1.82, 2.24) is 4.90 Å². The molecule has 1 fully saturated rings. The summed E-state index contributed by atoms with van der Waals surface area (Å²) in [4.78, 5) is 39.4. The number of nitrogens with zero attached hydrogens (tertiary/aromatic N) is 1. The zero-order valence-corrected chi connectivity index (χ0v) is 17.4. The standard InChI is InChI=1S/C24H26N2O4/c1-15-8-11-21(16(2)12-15)30-14-22(27)25-17-9-10-19-20(13-17)24(29)26(23(19)28)18-6-4-3-5-7-18/h8-13,18H,3-7,14H2,1-2H3,(H,25,27). The molecule has 3 amide bonds. The van der Waals surface area contributed by atoms with E-state index in [2.05, 4.69) is 5.32 Å². The monoisotopic (exact) mass is 406 g/mol. The fourth-order valence-electron chi connectivity index (χ4n) is 4.31. The van der Waals surface area contributed by atoms with E-state index in [0.717, 1.165) is 43.2 Å². The number of carbonyl (C=O) groups excluding carboxylic acids is 3. The number of carbonyl (C=O) groups is 3. The number of hydrogen-bond acceptors (Lipinski definition) is 4. The Balaban J connectivity index is 1.42. The van der Waals surface area contributed by atoms with Gasteiger partial charge in [-0.1, -0.05) is 37.0 Å². The van der Waals surface area contributed by atoms with Crippen molar-refractivity contribution >= 4 is 23.4 Å². The van der Waals surface area contributed by atoms with Crippen LogP contribution in [0.4, 0.5) is 5.69 Å². The van der Waals surface area contributed by atoms with Gasteiger partial charge in [-0.25, -0.2) is 0 Å². The molecule has 2 aliphatic rings. The van der Waals surface area contributed by atoms with E-state index >= 15 is 0 Å². The van der Waals surface area contributed by atoms with Gasteiger partial charge in [-0.3, -0.25) is 19.3 Å². The van der Waals surface area contributed by atoms with Gasteiger partial charge in [0.05, 0.1) is 11.1 Å². The van der Waals surface area contributed by atoms with Crippen LogP contribution in [0.5, 0.6) is 5.75 Å². The van der Waals surface area contributed by atoms with Crippen molar-refractivity contribution in [3.63, 3.8) is 0 Å². The first-order chi connectivity index (χ1) is 14.4. The molecule has 30 heavy (non-hydrogen) atoms. The number of benzene rings is 2. The SMILES string of the molecule is Cc1ccc(OCC(=O)Nc2ccc3c(c2)C(=O)N(C2CCCCC2)C3=O)c(C)c1. The molecule has 1 aliphatic heterocycles. The van der Waals surface area contributed by atoms with Gasteiger partial charge < -0.3 is 10.1 Å². The van der Waals surface area contributed by atoms with E-state index in [1.165, 1.54) is 4.90 Å². The van der Waals surface area contributed by atoms with Crippen molar-refractivity contribution in [3.05, 3.63) is 58.7 Å². The average molecular weight is 406 g/mol. The summed E-state index contributed by atoms with van der Waals surface area (Å²) in [5.74, 6) is -0.146. The molecule has 0 bridgehead atoms. The summed E-state index contributed by atoms with van der Waals surface area (Å²) >= 11 is 0. The fourth-order valence-corrected chi connectivity index (χ4v) is 4.31. The van der Waals surface area contributed by atoms with Crippen molar-refractivity contribution in [1.29, 1.82) is 0 Å². The van der Waals surface area contributed by atoms with E-state index in [1.54, 1.807) is 18.2 Å². The highest BCUT2D eigenvalue weighted by Crippen LogP contribution is 2.32. The number of hydrogen-bond donors (Lipinski definition) is 1. The summed E-state index contributed by atoms with van der Waals surface area (Å²) in [7, 11) is 0. The van der Waals surface area contributed by atoms with Gasteiger partial charge in [0.15, 0.2) is 6.61 Å². The first-order valence-electron chi connectivity index (χ1n) is 10.5. The highest BCUT2D eigenvalue weighted by Gasteiger charge is 2.40. The Morgan fingerprint density at radius 1 is 1.00 bits per heavy atom. The first-order valence-corrected chi connectivity index (χ1v) is 10.5. The molecule has 1 saturated carbocycles. The van der Waals surface area contributed by atoms with Crippen LogP contribution in [0.15, 0.2) is 36.4 Å². The van der Waals surface area contributed by atoms with Crippen LogP contribution in [-0.4, -0.2) is 35.3 Å². The van der Waals surface area contributed by atoms with Crippen molar-refractivity contribution < 1.29 is 19.1 Å². The summed E-state index contributed by atoms with van der Waals surface area (Å²) in [6.07, 6.45) is 4.97. The first kappa shape index (κ1) is 20.1. The van der Waals surface area contributed by atoms with Crippen molar-refractivity contribution in [2.75, 3.05) is 11.9 Å². The molecule has 6 heteroatoms. The van der Waals surface area contributed by atoms with Crippen LogP contribution in [0.3, 0.4) is 0 Å². The molecule has 1 heterocycles. The van der Waals surface area contributed by atoms with Gasteiger partial charge in [0.25, 0.3) is 17.7 Å². The lowest BCUT2D eigenvalue weighted by atomic mass is 9.94. The van der Waals surface area contributed by atoms with Crippen LogP contribution in [0.25, 0.3) is 0 Å². The maximum atomic E-state index is 12.9. The lowest BCUT2D eigenvalue weighted by Gasteiger charge is -2.29. The maximum Gasteiger partial charge on any atom is 0.262 e. The summed E-state index contributed by atoms with van der Waals surface area (Å²) in [6.45, 7) is 3.79. The van der Waals surface area contributed by atoms with E-state index in [0.29, 0.717) is 22.6 Å². The average Bonchev–Trinajstić information content (AvgIpc) is 2.98. The second-order valence-electron chi connectivity index (χ2n) is 8.14. The zero-order valence-electron chi connectivity index (χ0n) is 17.4. The topological polar surface area (TPSA) is 75.7 Å². The Labute approximate surface area is 176 Å². The lowest BCUT2D eigenvalue weighted by molar-refractivity contribution is -0.118. The molecular weight excluding hydrogens is 380 g/mol. The summed E-state index contributed by atoms with van der Waals surface area (Å²) < 4.78 is 5.61. The van der Waals surface area contributed by atoms with Crippen LogP contribution in [0.2, 0.25) is 0 Å². The number of fused-ring (bicyclic) bond motifs is 1. The Morgan fingerprint density at radius 3 is 2.47 bits per heavy atom. The van der Waals surface area contributed by atoms with E-state index in [9.17, 15) is 14.4 Å². The van der Waals surface area contributed by atoms with E-state index in [1.807, 2.05) is 32.0 Å². The third kappa shape index (κ3) is 3.95. The van der Waals surface area contributed by atoms with Crippen LogP contribution >= 0.6 is 0 Å². The number of rotatable bonds is 5. The Hall–Kier alpha value is -3.15. The molecule has 0 saturated heterocycles.